The first-order valence-electron chi connectivity index (χ1n) is 7.76. The molecule has 1 aromatic rings. The summed E-state index contributed by atoms with van der Waals surface area (Å²) in [5.41, 5.74) is 1.43. The van der Waals surface area contributed by atoms with Crippen molar-refractivity contribution >= 4 is 15.9 Å². The summed E-state index contributed by atoms with van der Waals surface area (Å²) >= 11 is 0. The van der Waals surface area contributed by atoms with Gasteiger partial charge in [-0.05, 0) is 32.4 Å². The van der Waals surface area contributed by atoms with Gasteiger partial charge in [0, 0.05) is 25.2 Å². The van der Waals surface area contributed by atoms with E-state index in [4.69, 9.17) is 4.74 Å². The van der Waals surface area contributed by atoms with Crippen molar-refractivity contribution in [2.45, 2.75) is 33.0 Å². The van der Waals surface area contributed by atoms with E-state index in [9.17, 15) is 13.2 Å². The van der Waals surface area contributed by atoms with Crippen LogP contribution in [0, 0.1) is 6.92 Å². The third-order valence-electron chi connectivity index (χ3n) is 3.81. The van der Waals surface area contributed by atoms with E-state index < -0.39 is 10.0 Å². The van der Waals surface area contributed by atoms with Crippen molar-refractivity contribution in [3.8, 4) is 0 Å². The predicted molar refractivity (Wildman–Crippen MR) is 88.9 cm³/mol. The van der Waals surface area contributed by atoms with E-state index in [0.29, 0.717) is 18.7 Å². The largest absolute Gasteiger partial charge is 0.373 e. The quantitative estimate of drug-likeness (QED) is 0.873. The van der Waals surface area contributed by atoms with Crippen molar-refractivity contribution in [1.29, 1.82) is 0 Å². The standard InChI is InChI=1S/C16H24N2O4S/c1-12-6-4-5-7-15(12)16(19)17-8-9-23(20,21)18-10-13(2)22-14(3)11-18/h4-7,13-14H,8-11H2,1-3H3,(H,17,19). The molecule has 0 bridgehead atoms. The predicted octanol–water partition coefficient (Wildman–Crippen LogP) is 1.16. The molecule has 0 saturated carbocycles. The van der Waals surface area contributed by atoms with Gasteiger partial charge >= 0.3 is 0 Å². The van der Waals surface area contributed by atoms with E-state index >= 15 is 0 Å². The second-order valence-corrected chi connectivity index (χ2v) is 8.05. The smallest absolute Gasteiger partial charge is 0.251 e. The fourth-order valence-electron chi connectivity index (χ4n) is 2.70. The fourth-order valence-corrected chi connectivity index (χ4v) is 4.20. The zero-order valence-electron chi connectivity index (χ0n) is 13.8. The highest BCUT2D eigenvalue weighted by Gasteiger charge is 2.30. The molecule has 1 aliphatic rings. The minimum atomic E-state index is -3.40. The van der Waals surface area contributed by atoms with Crippen LogP contribution in [0.4, 0.5) is 0 Å². The Labute approximate surface area is 137 Å². The number of nitrogens with one attached hydrogen (secondary N) is 1. The number of hydrogen-bond acceptors (Lipinski definition) is 4. The number of carbonyl (C=O) groups is 1. The lowest BCUT2D eigenvalue weighted by atomic mass is 10.1. The number of nitrogens with zero attached hydrogens (tertiary/aromatic N) is 1. The normalized spacial score (nSPS) is 22.7. The number of ether oxygens (including phenoxy) is 1. The molecule has 0 spiro atoms. The monoisotopic (exact) mass is 340 g/mol. The van der Waals surface area contributed by atoms with Gasteiger partial charge in [-0.2, -0.15) is 4.31 Å². The zero-order chi connectivity index (χ0) is 17.0. The molecule has 7 heteroatoms. The van der Waals surface area contributed by atoms with Gasteiger partial charge in [0.2, 0.25) is 10.0 Å². The molecular weight excluding hydrogens is 316 g/mol. The number of sulfonamides is 1. The van der Waals surface area contributed by atoms with E-state index in [0.717, 1.165) is 5.56 Å². The molecule has 1 N–H and O–H groups in total. The average molecular weight is 340 g/mol. The van der Waals surface area contributed by atoms with Gasteiger partial charge in [0.15, 0.2) is 0 Å². The van der Waals surface area contributed by atoms with Crippen molar-refractivity contribution in [2.75, 3.05) is 25.4 Å². The molecule has 6 nitrogen and oxygen atoms in total. The summed E-state index contributed by atoms with van der Waals surface area (Å²) in [6.07, 6.45) is -0.231. The fraction of sp³-hybridized carbons (Fsp3) is 0.562. The van der Waals surface area contributed by atoms with Crippen LogP contribution in [-0.2, 0) is 14.8 Å². The van der Waals surface area contributed by atoms with Crippen molar-refractivity contribution in [1.82, 2.24) is 9.62 Å². The Balaban J connectivity index is 1.90. The number of morpholine rings is 1. The van der Waals surface area contributed by atoms with Gasteiger partial charge in [0.1, 0.15) is 0 Å². The summed E-state index contributed by atoms with van der Waals surface area (Å²) in [7, 11) is -3.40. The van der Waals surface area contributed by atoms with E-state index in [2.05, 4.69) is 5.32 Å². The van der Waals surface area contributed by atoms with E-state index in [1.807, 2.05) is 32.9 Å². The van der Waals surface area contributed by atoms with Crippen LogP contribution in [0.1, 0.15) is 29.8 Å². The third-order valence-corrected chi connectivity index (χ3v) is 5.62. The van der Waals surface area contributed by atoms with Gasteiger partial charge in [-0.25, -0.2) is 8.42 Å². The summed E-state index contributed by atoms with van der Waals surface area (Å²) in [6.45, 7) is 6.38. The van der Waals surface area contributed by atoms with Crippen LogP contribution in [0.5, 0.6) is 0 Å². The average Bonchev–Trinajstić information content (AvgIpc) is 2.46. The molecule has 1 heterocycles. The first-order valence-corrected chi connectivity index (χ1v) is 9.37. The molecule has 0 radical (unpaired) electrons. The van der Waals surface area contributed by atoms with Crippen molar-refractivity contribution in [3.05, 3.63) is 35.4 Å². The van der Waals surface area contributed by atoms with Crippen LogP contribution in [0.3, 0.4) is 0 Å². The Morgan fingerprint density at radius 3 is 2.48 bits per heavy atom. The van der Waals surface area contributed by atoms with Gasteiger partial charge in [-0.1, -0.05) is 18.2 Å². The molecule has 1 aromatic carbocycles. The second-order valence-electron chi connectivity index (χ2n) is 5.96. The number of aryl methyl sites for hydroxylation is 1. The van der Waals surface area contributed by atoms with Crippen LogP contribution in [0.25, 0.3) is 0 Å². The number of amides is 1. The maximum Gasteiger partial charge on any atom is 0.251 e. The van der Waals surface area contributed by atoms with E-state index in [-0.39, 0.29) is 30.4 Å². The summed E-state index contributed by atoms with van der Waals surface area (Å²) in [6, 6.07) is 7.22. The van der Waals surface area contributed by atoms with Gasteiger partial charge in [0.05, 0.1) is 18.0 Å². The first-order chi connectivity index (χ1) is 10.8. The Bertz CT molecular complexity index is 650. The molecular formula is C16H24N2O4S. The van der Waals surface area contributed by atoms with Crippen LogP contribution in [0.15, 0.2) is 24.3 Å². The molecule has 2 unspecified atom stereocenters. The number of rotatable bonds is 5. The Hall–Kier alpha value is -1.44. The van der Waals surface area contributed by atoms with Crippen molar-refractivity contribution in [3.63, 3.8) is 0 Å². The third kappa shape index (κ3) is 4.76. The minimum Gasteiger partial charge on any atom is -0.373 e. The summed E-state index contributed by atoms with van der Waals surface area (Å²) in [5, 5.41) is 2.68. The second kappa shape index (κ2) is 7.42. The SMILES string of the molecule is Cc1ccccc1C(=O)NCCS(=O)(=O)N1CC(C)OC(C)C1. The molecule has 2 rings (SSSR count). The van der Waals surface area contributed by atoms with Crippen LogP contribution >= 0.6 is 0 Å². The molecule has 1 fully saturated rings. The first kappa shape index (κ1) is 17.9. The summed E-state index contributed by atoms with van der Waals surface area (Å²) in [4.78, 5) is 12.1. The van der Waals surface area contributed by atoms with Crippen molar-refractivity contribution in [2.24, 2.45) is 0 Å². The summed E-state index contributed by atoms with van der Waals surface area (Å²) < 4.78 is 31.8. The van der Waals surface area contributed by atoms with E-state index in [1.165, 1.54) is 4.31 Å². The topological polar surface area (TPSA) is 75.7 Å². The number of benzene rings is 1. The lowest BCUT2D eigenvalue weighted by molar-refractivity contribution is -0.0440. The van der Waals surface area contributed by atoms with Gasteiger partial charge in [-0.3, -0.25) is 4.79 Å². The number of carbonyl (C=O) groups excluding carboxylic acids is 1. The van der Waals surface area contributed by atoms with Crippen LogP contribution in [0.2, 0.25) is 0 Å². The van der Waals surface area contributed by atoms with Gasteiger partial charge < -0.3 is 10.1 Å². The molecule has 23 heavy (non-hydrogen) atoms. The molecule has 2 atom stereocenters. The molecule has 1 saturated heterocycles. The molecule has 1 amide bonds. The highest BCUT2D eigenvalue weighted by molar-refractivity contribution is 7.89. The van der Waals surface area contributed by atoms with Gasteiger partial charge in [-0.15, -0.1) is 0 Å². The van der Waals surface area contributed by atoms with Crippen LogP contribution < -0.4 is 5.32 Å². The zero-order valence-corrected chi connectivity index (χ0v) is 14.6. The summed E-state index contributed by atoms with van der Waals surface area (Å²) in [5.74, 6) is -0.355. The Morgan fingerprint density at radius 1 is 1.26 bits per heavy atom. The highest BCUT2D eigenvalue weighted by Crippen LogP contribution is 2.14. The van der Waals surface area contributed by atoms with Crippen LogP contribution in [-0.4, -0.2) is 56.2 Å². The molecule has 0 aliphatic carbocycles. The van der Waals surface area contributed by atoms with Crippen molar-refractivity contribution < 1.29 is 17.9 Å². The molecule has 128 valence electrons. The van der Waals surface area contributed by atoms with E-state index in [1.54, 1.807) is 12.1 Å². The maximum atomic E-state index is 12.4. The maximum absolute atomic E-state index is 12.4. The van der Waals surface area contributed by atoms with Gasteiger partial charge in [0.25, 0.3) is 5.91 Å². The minimum absolute atomic E-state index is 0.0929. The Kier molecular flexibility index (Phi) is 5.78. The lowest BCUT2D eigenvalue weighted by Crippen LogP contribution is -2.49. The Morgan fingerprint density at radius 2 is 1.87 bits per heavy atom. The molecule has 0 aromatic heterocycles. The molecule has 1 aliphatic heterocycles. The lowest BCUT2D eigenvalue weighted by Gasteiger charge is -2.34. The number of hydrogen-bond donors (Lipinski definition) is 1. The highest BCUT2D eigenvalue weighted by atomic mass is 32.2.